The lowest BCUT2D eigenvalue weighted by Gasteiger charge is -2.23. The van der Waals surface area contributed by atoms with Crippen LogP contribution in [0.1, 0.15) is 37.0 Å². The number of aliphatic hydroxyl groups excluding tert-OH is 1. The van der Waals surface area contributed by atoms with Crippen LogP contribution < -0.4 is 37.1 Å². The van der Waals surface area contributed by atoms with E-state index in [-0.39, 0.29) is 61.6 Å². The Labute approximate surface area is 336 Å². The summed E-state index contributed by atoms with van der Waals surface area (Å²) in [7, 11) is -9.28. The number of carbonyl (C=O) groups is 2. The maximum absolute atomic E-state index is 12.9. The van der Waals surface area contributed by atoms with Crippen LogP contribution >= 0.6 is 23.5 Å². The van der Waals surface area contributed by atoms with Gasteiger partial charge in [-0.3, -0.25) is 51.9 Å². The normalized spacial score (nSPS) is 14.4. The molecule has 1 heterocycles. The number of aryl methyl sites for hydroxylation is 1. The van der Waals surface area contributed by atoms with Gasteiger partial charge in [-0.15, -0.1) is 0 Å². The fraction of sp³-hybridized carbons (Fsp3) is 0.533. The monoisotopic (exact) mass is 902 g/mol. The number of phosphoric acid groups is 3. The predicted octanol–water partition coefficient (Wildman–Crippen LogP) is 1.85. The van der Waals surface area contributed by atoms with Crippen LogP contribution in [0.25, 0.3) is 0 Å². The van der Waals surface area contributed by atoms with Gasteiger partial charge in [0, 0.05) is 54.3 Å². The first-order valence-corrected chi connectivity index (χ1v) is 21.2. The summed E-state index contributed by atoms with van der Waals surface area (Å²) < 4.78 is 87.3. The highest BCUT2D eigenvalue weighted by Gasteiger charge is 2.45. The van der Waals surface area contributed by atoms with Crippen LogP contribution in [0.5, 0.6) is 11.5 Å². The van der Waals surface area contributed by atoms with Crippen molar-refractivity contribution in [3.8, 4) is 23.3 Å². The van der Waals surface area contributed by atoms with Gasteiger partial charge < -0.3 is 35.7 Å². The number of nitrogens with two attached hydrogens (primary N) is 1. The standard InChI is InChI=1S/C30H45N6O20P3/c1-20(23-16-25(47-2)26(17-24(23)36(42)43)52-19-27(38)32-13-11-31)54-30(41)33-12-7-8-21-18-35(29(40)34-28(21)39)14-9-22(37)10-15-53-58(45,50-5)56-59(46,51-6)55-57(44,48-3)49-4/h16-18,20,22,37H,9-15,19,31H2,1-6H3,(H,32,38)(H,33,41)(H,34,39,40). The van der Waals surface area contributed by atoms with Crippen molar-refractivity contribution >= 4 is 41.2 Å². The molecule has 2 aromatic rings. The molecule has 59 heavy (non-hydrogen) atoms. The second-order valence-electron chi connectivity index (χ2n) is 11.2. The number of H-pyrrole nitrogens is 1. The molecule has 2 amide bonds. The summed E-state index contributed by atoms with van der Waals surface area (Å²) in [6, 6.07) is 2.24. The van der Waals surface area contributed by atoms with E-state index in [1.807, 2.05) is 0 Å². The molecule has 0 bridgehead atoms. The third-order valence-corrected chi connectivity index (χ3v) is 12.8. The Morgan fingerprint density at radius 2 is 1.63 bits per heavy atom. The highest BCUT2D eigenvalue weighted by atomic mass is 31.3. The van der Waals surface area contributed by atoms with Gasteiger partial charge in [0.25, 0.3) is 17.2 Å². The topological polar surface area (TPSA) is 346 Å². The first-order valence-electron chi connectivity index (χ1n) is 16.8. The largest absolute Gasteiger partial charge is 0.493 e. The van der Waals surface area contributed by atoms with Crippen LogP contribution in [-0.2, 0) is 61.0 Å². The maximum atomic E-state index is 12.9. The van der Waals surface area contributed by atoms with Crippen LogP contribution in [0.4, 0.5) is 10.5 Å². The van der Waals surface area contributed by atoms with Gasteiger partial charge in [-0.2, -0.15) is 8.62 Å². The number of nitrogens with zero attached hydrogens (tertiary/aromatic N) is 2. The summed E-state index contributed by atoms with van der Waals surface area (Å²) in [6.07, 6.45) is -2.66. The zero-order valence-electron chi connectivity index (χ0n) is 32.6. The van der Waals surface area contributed by atoms with E-state index in [4.69, 9.17) is 28.8 Å². The lowest BCUT2D eigenvalue weighted by Crippen LogP contribution is -2.33. The summed E-state index contributed by atoms with van der Waals surface area (Å²) in [6.45, 7) is 0.236. The number of hydrogen-bond acceptors (Lipinski definition) is 21. The Hall–Kier alpha value is -4.47. The van der Waals surface area contributed by atoms with Gasteiger partial charge in [-0.05, 0) is 25.8 Å². The van der Waals surface area contributed by atoms with E-state index in [9.17, 15) is 48.1 Å². The number of ether oxygens (including phenoxy) is 3. The molecule has 4 unspecified atom stereocenters. The van der Waals surface area contributed by atoms with Crippen LogP contribution in [0, 0.1) is 22.0 Å². The van der Waals surface area contributed by atoms with Crippen molar-refractivity contribution in [3.05, 3.63) is 60.4 Å². The number of aliphatic hydroxyl groups is 1. The average molecular weight is 903 g/mol. The summed E-state index contributed by atoms with van der Waals surface area (Å²) in [5.41, 5.74) is 2.90. The van der Waals surface area contributed by atoms with Gasteiger partial charge >= 0.3 is 35.3 Å². The molecule has 1 aromatic heterocycles. The molecule has 1 aromatic carbocycles. The van der Waals surface area contributed by atoms with Crippen molar-refractivity contribution in [2.24, 2.45) is 5.73 Å². The number of aromatic amines is 1. The van der Waals surface area contributed by atoms with E-state index in [0.717, 1.165) is 45.3 Å². The fourth-order valence-electron chi connectivity index (χ4n) is 4.32. The second kappa shape index (κ2) is 24.0. The van der Waals surface area contributed by atoms with Crippen molar-refractivity contribution in [2.45, 2.75) is 38.5 Å². The van der Waals surface area contributed by atoms with E-state index in [2.05, 4.69) is 49.9 Å². The Morgan fingerprint density at radius 1 is 0.983 bits per heavy atom. The number of benzene rings is 1. The molecule has 0 saturated heterocycles. The SMILES string of the molecule is COc1cc(C(C)OC(=O)NCC#Cc2cn(CCC(O)CCOP(=O)(OC)OP(=O)(OC)OP(=O)(OC)OC)c(=O)[nH]c2=O)c([N+](=O)[O-])cc1OCC(=O)NCCN. The molecule has 2 rings (SSSR count). The lowest BCUT2D eigenvalue weighted by atomic mass is 10.1. The first kappa shape index (κ1) is 50.7. The zero-order chi connectivity index (χ0) is 44.4. The van der Waals surface area contributed by atoms with Crippen LogP contribution in [0.2, 0.25) is 0 Å². The number of methoxy groups -OCH3 is 1. The number of aromatic nitrogens is 2. The van der Waals surface area contributed by atoms with E-state index in [1.54, 1.807) is 0 Å². The number of nitro groups is 1. The zero-order valence-corrected chi connectivity index (χ0v) is 35.2. The Balaban J connectivity index is 2.00. The second-order valence-corrected chi connectivity index (χ2v) is 17.0. The number of alkyl carbamates (subject to hydrolysis) is 1. The number of carbonyl (C=O) groups excluding carboxylic acids is 2. The Bertz CT molecular complexity index is 2090. The number of nitrogens with one attached hydrogen (secondary N) is 3. The van der Waals surface area contributed by atoms with Gasteiger partial charge in [-0.25, -0.2) is 23.3 Å². The first-order chi connectivity index (χ1) is 27.8. The van der Waals surface area contributed by atoms with Gasteiger partial charge in [0.15, 0.2) is 18.1 Å². The highest BCUT2D eigenvalue weighted by Crippen LogP contribution is 2.72. The highest BCUT2D eigenvalue weighted by molar-refractivity contribution is 7.67. The van der Waals surface area contributed by atoms with Gasteiger partial charge in [0.2, 0.25) is 0 Å². The minimum atomic E-state index is -4.90. The number of hydrogen-bond donors (Lipinski definition) is 5. The van der Waals surface area contributed by atoms with E-state index in [0.29, 0.717) is 0 Å². The lowest BCUT2D eigenvalue weighted by molar-refractivity contribution is -0.386. The van der Waals surface area contributed by atoms with Gasteiger partial charge in [0.1, 0.15) is 11.7 Å². The van der Waals surface area contributed by atoms with Gasteiger partial charge in [0.05, 0.1) is 42.9 Å². The molecule has 26 nitrogen and oxygen atoms in total. The summed E-state index contributed by atoms with van der Waals surface area (Å²) in [5, 5.41) is 27.1. The number of phosphoric ester groups is 2. The van der Waals surface area contributed by atoms with Crippen molar-refractivity contribution in [1.29, 1.82) is 0 Å². The van der Waals surface area contributed by atoms with Gasteiger partial charge in [-0.1, -0.05) is 11.8 Å². The molecule has 29 heteroatoms. The Kier molecular flexibility index (Phi) is 20.6. The minimum absolute atomic E-state index is 0.0170. The number of amides is 2. The number of nitro benzene ring substituents is 1. The van der Waals surface area contributed by atoms with Crippen molar-refractivity contribution in [2.75, 3.05) is 68.4 Å². The predicted molar refractivity (Wildman–Crippen MR) is 203 cm³/mol. The molecular weight excluding hydrogens is 857 g/mol. The number of rotatable bonds is 25. The fourth-order valence-corrected chi connectivity index (χ4v) is 8.78. The molecule has 0 fully saturated rings. The molecule has 0 aliphatic heterocycles. The molecule has 0 saturated carbocycles. The van der Waals surface area contributed by atoms with E-state index < -0.39 is 82.7 Å². The summed E-state index contributed by atoms with van der Waals surface area (Å²) in [4.78, 5) is 62.3. The quantitative estimate of drug-likeness (QED) is 0.0411. The van der Waals surface area contributed by atoms with Crippen LogP contribution in [0.3, 0.4) is 0 Å². The molecule has 6 N–H and O–H groups in total. The van der Waals surface area contributed by atoms with E-state index >= 15 is 0 Å². The summed E-state index contributed by atoms with van der Waals surface area (Å²) >= 11 is 0. The summed E-state index contributed by atoms with van der Waals surface area (Å²) in [5.74, 6) is 4.39. The molecule has 0 aliphatic carbocycles. The van der Waals surface area contributed by atoms with Crippen LogP contribution in [0.15, 0.2) is 27.9 Å². The minimum Gasteiger partial charge on any atom is -0.493 e. The molecular formula is C30H45N6O20P3. The molecule has 0 spiro atoms. The molecule has 330 valence electrons. The van der Waals surface area contributed by atoms with Crippen molar-refractivity contribution in [3.63, 3.8) is 0 Å². The Morgan fingerprint density at radius 3 is 2.22 bits per heavy atom. The molecule has 0 radical (unpaired) electrons. The van der Waals surface area contributed by atoms with Crippen molar-refractivity contribution in [1.82, 2.24) is 20.2 Å². The molecule has 0 aliphatic rings. The third-order valence-electron chi connectivity index (χ3n) is 7.31. The van der Waals surface area contributed by atoms with Crippen molar-refractivity contribution < 1.29 is 78.8 Å². The average Bonchev–Trinajstić information content (AvgIpc) is 3.20. The molecule has 4 atom stereocenters. The van der Waals surface area contributed by atoms with E-state index in [1.165, 1.54) is 20.1 Å². The smallest absolute Gasteiger partial charge is 0.492 e. The maximum Gasteiger partial charge on any atom is 0.492 e. The third kappa shape index (κ3) is 16.2. The van der Waals surface area contributed by atoms with Crippen LogP contribution in [-0.4, -0.2) is 106 Å².